The molecule has 4 bridgehead atoms. The summed E-state index contributed by atoms with van der Waals surface area (Å²) in [7, 11) is 0. The predicted octanol–water partition coefficient (Wildman–Crippen LogP) is 3.88. The van der Waals surface area contributed by atoms with E-state index in [9.17, 15) is 4.79 Å². The van der Waals surface area contributed by atoms with Crippen molar-refractivity contribution in [3.8, 4) is 0 Å². The van der Waals surface area contributed by atoms with Crippen molar-refractivity contribution in [2.75, 3.05) is 0 Å². The molecule has 0 aromatic carbocycles. The summed E-state index contributed by atoms with van der Waals surface area (Å²) in [6.45, 7) is 7.61. The maximum absolute atomic E-state index is 11.9. The van der Waals surface area contributed by atoms with Crippen molar-refractivity contribution in [2.45, 2.75) is 55.0 Å². The number of carbonyl (C=O) groups excluding carboxylic acids is 1. The van der Waals surface area contributed by atoms with Crippen LogP contribution in [0.15, 0.2) is 12.2 Å². The molecule has 0 spiro atoms. The quantitative estimate of drug-likeness (QED) is 0.323. The van der Waals surface area contributed by atoms with E-state index >= 15 is 0 Å². The molecule has 4 fully saturated rings. The van der Waals surface area contributed by atoms with Gasteiger partial charge in [-0.05, 0) is 51.9 Å². The van der Waals surface area contributed by atoms with Crippen LogP contribution in [0.5, 0.6) is 0 Å². The Bertz CT molecular complexity index is 399. The Kier molecular flexibility index (Phi) is 2.85. The molecule has 2 unspecified atom stereocenters. The van der Waals surface area contributed by atoms with Crippen LogP contribution in [0.1, 0.15) is 46.0 Å². The number of rotatable bonds is 2. The molecule has 0 radical (unpaired) electrons. The van der Waals surface area contributed by atoms with E-state index in [2.05, 4.69) is 36.1 Å². The highest BCUT2D eigenvalue weighted by Gasteiger charge is 2.61. The van der Waals surface area contributed by atoms with Crippen LogP contribution in [0.25, 0.3) is 0 Å². The van der Waals surface area contributed by atoms with Gasteiger partial charge in [0.2, 0.25) is 0 Å². The van der Waals surface area contributed by atoms with Crippen LogP contribution in [0.4, 0.5) is 0 Å². The summed E-state index contributed by atoms with van der Waals surface area (Å²) >= 11 is 2.67. The molecular formula is C15H21IO2. The van der Waals surface area contributed by atoms with E-state index in [1.807, 2.05) is 0 Å². The Morgan fingerprint density at radius 2 is 1.83 bits per heavy atom. The summed E-state index contributed by atoms with van der Waals surface area (Å²) < 4.78 is 6.37. The van der Waals surface area contributed by atoms with E-state index in [-0.39, 0.29) is 11.6 Å². The van der Waals surface area contributed by atoms with E-state index in [1.165, 1.54) is 32.1 Å². The Labute approximate surface area is 123 Å². The van der Waals surface area contributed by atoms with Crippen LogP contribution in [0, 0.1) is 17.8 Å². The van der Waals surface area contributed by atoms with Crippen LogP contribution < -0.4 is 0 Å². The van der Waals surface area contributed by atoms with Crippen LogP contribution in [-0.4, -0.2) is 15.0 Å². The first-order chi connectivity index (χ1) is 8.32. The normalized spacial score (nSPS) is 49.2. The molecule has 0 aromatic heterocycles. The van der Waals surface area contributed by atoms with Gasteiger partial charge in [-0.2, -0.15) is 0 Å². The highest BCUT2D eigenvalue weighted by molar-refractivity contribution is 14.1. The molecule has 4 rings (SSSR count). The standard InChI is InChI=1S/C15H21IO2/c1-9(2)13(17)18-14(3)11-4-10-5-12(14)8-15(16,6-10)7-11/h10-12H,1,4-8H2,2-3H3. The first kappa shape index (κ1) is 12.9. The fourth-order valence-corrected chi connectivity index (χ4v) is 6.23. The van der Waals surface area contributed by atoms with Crippen LogP contribution >= 0.6 is 22.6 Å². The first-order valence-corrected chi connectivity index (χ1v) is 7.98. The minimum atomic E-state index is -0.234. The van der Waals surface area contributed by atoms with Crippen LogP contribution in [0.3, 0.4) is 0 Å². The number of esters is 1. The SMILES string of the molecule is C=C(C)C(=O)OC1(C)C2CC3CC1CC(I)(C3)C2. The molecule has 4 aliphatic rings. The van der Waals surface area contributed by atoms with E-state index in [0.29, 0.717) is 20.8 Å². The summed E-state index contributed by atoms with van der Waals surface area (Å²) in [5.41, 5.74) is 0.288. The van der Waals surface area contributed by atoms with Gasteiger partial charge in [-0.25, -0.2) is 4.79 Å². The van der Waals surface area contributed by atoms with Gasteiger partial charge in [-0.1, -0.05) is 29.2 Å². The van der Waals surface area contributed by atoms with Crippen molar-refractivity contribution in [3.05, 3.63) is 12.2 Å². The minimum absolute atomic E-state index is 0.201. The minimum Gasteiger partial charge on any atom is -0.455 e. The summed E-state index contributed by atoms with van der Waals surface area (Å²) in [5, 5.41) is 0. The summed E-state index contributed by atoms with van der Waals surface area (Å²) in [6.07, 6.45) is 6.33. The molecule has 100 valence electrons. The lowest BCUT2D eigenvalue weighted by atomic mass is 9.50. The van der Waals surface area contributed by atoms with Crippen LogP contribution in [0.2, 0.25) is 0 Å². The van der Waals surface area contributed by atoms with Gasteiger partial charge in [0.05, 0.1) is 0 Å². The maximum Gasteiger partial charge on any atom is 0.333 e. The number of halogens is 1. The van der Waals surface area contributed by atoms with Crippen molar-refractivity contribution in [1.82, 2.24) is 0 Å². The molecule has 3 heteroatoms. The molecule has 0 aliphatic heterocycles. The molecule has 4 saturated carbocycles. The van der Waals surface area contributed by atoms with Gasteiger partial charge < -0.3 is 4.74 Å². The Balaban J connectivity index is 1.85. The molecule has 18 heavy (non-hydrogen) atoms. The van der Waals surface area contributed by atoms with Crippen LogP contribution in [-0.2, 0) is 9.53 Å². The predicted molar refractivity (Wildman–Crippen MR) is 79.6 cm³/mol. The fraction of sp³-hybridized carbons (Fsp3) is 0.800. The smallest absolute Gasteiger partial charge is 0.333 e. The van der Waals surface area contributed by atoms with Crippen molar-refractivity contribution in [2.24, 2.45) is 17.8 Å². The van der Waals surface area contributed by atoms with Gasteiger partial charge in [0, 0.05) is 20.8 Å². The van der Waals surface area contributed by atoms with Gasteiger partial charge >= 0.3 is 5.97 Å². The second-order valence-corrected chi connectivity index (χ2v) is 9.14. The van der Waals surface area contributed by atoms with E-state index in [0.717, 1.165) is 5.92 Å². The highest BCUT2D eigenvalue weighted by atomic mass is 127. The molecule has 4 aliphatic carbocycles. The molecule has 0 aromatic rings. The lowest BCUT2D eigenvalue weighted by Crippen LogP contribution is -2.62. The molecule has 0 N–H and O–H groups in total. The Morgan fingerprint density at radius 1 is 1.28 bits per heavy atom. The zero-order valence-electron chi connectivity index (χ0n) is 11.2. The van der Waals surface area contributed by atoms with E-state index < -0.39 is 0 Å². The molecule has 0 amide bonds. The average molecular weight is 360 g/mol. The third-order valence-corrected chi connectivity index (χ3v) is 6.72. The summed E-state index contributed by atoms with van der Waals surface area (Å²) in [6, 6.07) is 0. The Morgan fingerprint density at radius 3 is 2.28 bits per heavy atom. The van der Waals surface area contributed by atoms with Gasteiger partial charge in [-0.3, -0.25) is 0 Å². The van der Waals surface area contributed by atoms with Crippen molar-refractivity contribution in [1.29, 1.82) is 0 Å². The zero-order chi connectivity index (χ0) is 13.1. The van der Waals surface area contributed by atoms with Crippen molar-refractivity contribution in [3.63, 3.8) is 0 Å². The topological polar surface area (TPSA) is 26.3 Å². The lowest BCUT2D eigenvalue weighted by Gasteiger charge is -2.62. The first-order valence-electron chi connectivity index (χ1n) is 6.90. The molecule has 2 nitrogen and oxygen atoms in total. The van der Waals surface area contributed by atoms with Gasteiger partial charge in [-0.15, -0.1) is 0 Å². The summed E-state index contributed by atoms with van der Waals surface area (Å²) in [5.74, 6) is 1.79. The molecule has 0 saturated heterocycles. The third-order valence-electron chi connectivity index (χ3n) is 5.40. The van der Waals surface area contributed by atoms with Crippen molar-refractivity contribution >= 4 is 28.6 Å². The monoisotopic (exact) mass is 360 g/mol. The fourth-order valence-electron chi connectivity index (χ4n) is 4.55. The number of hydrogen-bond donors (Lipinski definition) is 0. The van der Waals surface area contributed by atoms with Gasteiger partial charge in [0.1, 0.15) is 5.60 Å². The molecule has 0 heterocycles. The Hall–Kier alpha value is -0.0600. The zero-order valence-corrected chi connectivity index (χ0v) is 13.3. The maximum atomic E-state index is 11.9. The molecule has 2 atom stereocenters. The van der Waals surface area contributed by atoms with Gasteiger partial charge in [0.25, 0.3) is 0 Å². The third kappa shape index (κ3) is 1.84. The van der Waals surface area contributed by atoms with E-state index in [1.54, 1.807) is 6.92 Å². The number of hydrogen-bond acceptors (Lipinski definition) is 2. The van der Waals surface area contributed by atoms with E-state index in [4.69, 9.17) is 4.74 Å². The van der Waals surface area contributed by atoms with Gasteiger partial charge in [0.15, 0.2) is 0 Å². The second-order valence-electron chi connectivity index (χ2n) is 6.85. The average Bonchev–Trinajstić information content (AvgIpc) is 2.23. The number of carbonyl (C=O) groups is 1. The lowest BCUT2D eigenvalue weighted by molar-refractivity contribution is -0.194. The number of ether oxygens (including phenoxy) is 1. The second kappa shape index (κ2) is 3.97. The summed E-state index contributed by atoms with van der Waals surface area (Å²) in [4.78, 5) is 11.9. The number of alkyl halides is 1. The van der Waals surface area contributed by atoms with Crippen molar-refractivity contribution < 1.29 is 9.53 Å². The largest absolute Gasteiger partial charge is 0.455 e. The highest BCUT2D eigenvalue weighted by Crippen LogP contribution is 2.63. The molecular weight excluding hydrogens is 339 g/mol.